The lowest BCUT2D eigenvalue weighted by Gasteiger charge is -2.15. The van der Waals surface area contributed by atoms with Gasteiger partial charge in [-0.3, -0.25) is 9.59 Å². The molecule has 0 aliphatic heterocycles. The summed E-state index contributed by atoms with van der Waals surface area (Å²) in [5.74, 6) is -1.00. The van der Waals surface area contributed by atoms with Gasteiger partial charge in [0.1, 0.15) is 5.75 Å². The van der Waals surface area contributed by atoms with Crippen LogP contribution in [0.2, 0.25) is 0 Å². The fourth-order valence-corrected chi connectivity index (χ4v) is 2.40. The molecule has 0 saturated heterocycles. The van der Waals surface area contributed by atoms with Gasteiger partial charge in [-0.2, -0.15) is 0 Å². The molecule has 0 spiro atoms. The minimum absolute atomic E-state index is 0.0656. The summed E-state index contributed by atoms with van der Waals surface area (Å²) in [5, 5.41) is 30.1. The van der Waals surface area contributed by atoms with Gasteiger partial charge in [0.15, 0.2) is 23.1 Å². The molecule has 2 aromatic rings. The summed E-state index contributed by atoms with van der Waals surface area (Å²) in [7, 11) is 1.34. The first-order valence-corrected chi connectivity index (χ1v) is 7.20. The topological polar surface area (TPSA) is 104 Å². The Bertz CT molecular complexity index is 753. The number of phenols is 2. The van der Waals surface area contributed by atoms with Crippen LogP contribution in [0.1, 0.15) is 40.1 Å². The molecule has 126 valence electrons. The molecule has 24 heavy (non-hydrogen) atoms. The molecule has 0 radical (unpaired) electrons. The first kappa shape index (κ1) is 17.5. The summed E-state index contributed by atoms with van der Waals surface area (Å²) >= 11 is 0. The third kappa shape index (κ3) is 3.09. The van der Waals surface area contributed by atoms with Crippen molar-refractivity contribution in [2.45, 2.75) is 20.5 Å². The van der Waals surface area contributed by atoms with Gasteiger partial charge in [-0.15, -0.1) is 0 Å². The second-order valence-corrected chi connectivity index (χ2v) is 5.38. The van der Waals surface area contributed by atoms with Crippen LogP contribution in [0, 0.1) is 0 Å². The van der Waals surface area contributed by atoms with Crippen molar-refractivity contribution >= 4 is 11.6 Å². The standard InChI is InChI=1S/C18H18O6/c1-9(20)11-4-13(8-19)17(22)14(5-11)15-6-12(10(2)21)7-16(24-3)18(15)23/h4-7,19,22-23H,8H2,1-3H3. The van der Waals surface area contributed by atoms with Crippen LogP contribution in [0.3, 0.4) is 0 Å². The van der Waals surface area contributed by atoms with Gasteiger partial charge in [-0.1, -0.05) is 0 Å². The van der Waals surface area contributed by atoms with Crippen molar-refractivity contribution in [2.24, 2.45) is 0 Å². The predicted molar refractivity (Wildman–Crippen MR) is 87.7 cm³/mol. The number of carbonyl (C=O) groups is 2. The summed E-state index contributed by atoms with van der Waals surface area (Å²) in [4.78, 5) is 23.4. The van der Waals surface area contributed by atoms with Crippen LogP contribution in [-0.2, 0) is 6.61 Å². The number of Topliss-reactive ketones (excluding diaryl/α,β-unsaturated/α-hetero) is 2. The van der Waals surface area contributed by atoms with E-state index in [0.29, 0.717) is 0 Å². The monoisotopic (exact) mass is 330 g/mol. The minimum Gasteiger partial charge on any atom is -0.507 e. The summed E-state index contributed by atoms with van der Waals surface area (Å²) in [6.07, 6.45) is 0. The lowest BCUT2D eigenvalue weighted by Crippen LogP contribution is -1.99. The van der Waals surface area contributed by atoms with E-state index >= 15 is 0 Å². The van der Waals surface area contributed by atoms with Crippen LogP contribution in [0.4, 0.5) is 0 Å². The lowest BCUT2D eigenvalue weighted by molar-refractivity contribution is 0.100. The normalized spacial score (nSPS) is 10.5. The SMILES string of the molecule is COc1cc(C(C)=O)cc(-c2cc(C(C)=O)cc(CO)c2O)c1O. The number of phenolic OH excluding ortho intramolecular Hbond substituents is 1. The number of carbonyl (C=O) groups excluding carboxylic acids is 2. The molecule has 2 aromatic carbocycles. The molecule has 0 fully saturated rings. The molecule has 6 nitrogen and oxygen atoms in total. The van der Waals surface area contributed by atoms with E-state index in [0.717, 1.165) is 0 Å². The number of hydrogen-bond acceptors (Lipinski definition) is 6. The molecule has 3 N–H and O–H groups in total. The van der Waals surface area contributed by atoms with E-state index in [-0.39, 0.29) is 56.6 Å². The molecule has 0 unspecified atom stereocenters. The van der Waals surface area contributed by atoms with Gasteiger partial charge >= 0.3 is 0 Å². The highest BCUT2D eigenvalue weighted by Crippen LogP contribution is 2.43. The number of benzene rings is 2. The van der Waals surface area contributed by atoms with Crippen LogP contribution in [-0.4, -0.2) is 34.0 Å². The number of aliphatic hydroxyl groups is 1. The molecular formula is C18H18O6. The van der Waals surface area contributed by atoms with Crippen LogP contribution >= 0.6 is 0 Å². The van der Waals surface area contributed by atoms with E-state index in [1.54, 1.807) is 0 Å². The first-order valence-electron chi connectivity index (χ1n) is 7.20. The lowest BCUT2D eigenvalue weighted by atomic mass is 9.94. The Morgan fingerprint density at radius 3 is 1.88 bits per heavy atom. The quantitative estimate of drug-likeness (QED) is 0.728. The van der Waals surface area contributed by atoms with E-state index < -0.39 is 6.61 Å². The Kier molecular flexibility index (Phi) is 4.90. The zero-order chi connectivity index (χ0) is 18.0. The zero-order valence-electron chi connectivity index (χ0n) is 13.6. The number of aromatic hydroxyl groups is 2. The van der Waals surface area contributed by atoms with Crippen molar-refractivity contribution in [1.29, 1.82) is 0 Å². The highest BCUT2D eigenvalue weighted by molar-refractivity contribution is 5.99. The number of rotatable bonds is 5. The Morgan fingerprint density at radius 1 is 0.917 bits per heavy atom. The van der Waals surface area contributed by atoms with Crippen LogP contribution in [0.15, 0.2) is 24.3 Å². The van der Waals surface area contributed by atoms with Crippen molar-refractivity contribution in [2.75, 3.05) is 7.11 Å². The molecule has 0 aromatic heterocycles. The highest BCUT2D eigenvalue weighted by Gasteiger charge is 2.20. The smallest absolute Gasteiger partial charge is 0.165 e. The molecule has 0 saturated carbocycles. The summed E-state index contributed by atoms with van der Waals surface area (Å²) < 4.78 is 5.07. The van der Waals surface area contributed by atoms with E-state index in [9.17, 15) is 24.9 Å². The van der Waals surface area contributed by atoms with Crippen molar-refractivity contribution in [3.8, 4) is 28.4 Å². The van der Waals surface area contributed by atoms with E-state index in [2.05, 4.69) is 0 Å². The first-order chi connectivity index (χ1) is 11.3. The van der Waals surface area contributed by atoms with Crippen LogP contribution in [0.5, 0.6) is 17.2 Å². The Labute approximate surface area is 138 Å². The van der Waals surface area contributed by atoms with E-state index in [4.69, 9.17) is 4.74 Å². The van der Waals surface area contributed by atoms with Crippen LogP contribution in [0.25, 0.3) is 11.1 Å². The largest absolute Gasteiger partial charge is 0.507 e. The number of ether oxygens (including phenoxy) is 1. The maximum atomic E-state index is 11.7. The van der Waals surface area contributed by atoms with Crippen LogP contribution < -0.4 is 4.74 Å². The molecule has 0 bridgehead atoms. The molecule has 0 amide bonds. The maximum Gasteiger partial charge on any atom is 0.165 e. The zero-order valence-corrected chi connectivity index (χ0v) is 13.6. The summed E-state index contributed by atoms with van der Waals surface area (Å²) in [6, 6.07) is 5.57. The van der Waals surface area contributed by atoms with Gasteiger partial charge in [0.2, 0.25) is 0 Å². The molecular weight excluding hydrogens is 312 g/mol. The molecule has 0 heterocycles. The maximum absolute atomic E-state index is 11.7. The fraction of sp³-hybridized carbons (Fsp3) is 0.222. The third-order valence-corrected chi connectivity index (χ3v) is 3.76. The number of hydrogen-bond donors (Lipinski definition) is 3. The van der Waals surface area contributed by atoms with Gasteiger partial charge in [0.05, 0.1) is 13.7 Å². The Balaban J connectivity index is 2.84. The summed E-state index contributed by atoms with van der Waals surface area (Å²) in [6.45, 7) is 2.23. The van der Waals surface area contributed by atoms with Crippen molar-refractivity contribution < 1.29 is 29.6 Å². The van der Waals surface area contributed by atoms with Gasteiger partial charge < -0.3 is 20.1 Å². The second-order valence-electron chi connectivity index (χ2n) is 5.38. The highest BCUT2D eigenvalue weighted by atomic mass is 16.5. The second kappa shape index (κ2) is 6.72. The van der Waals surface area contributed by atoms with Crippen molar-refractivity contribution in [3.63, 3.8) is 0 Å². The fourth-order valence-electron chi connectivity index (χ4n) is 2.40. The third-order valence-electron chi connectivity index (χ3n) is 3.76. The van der Waals surface area contributed by atoms with Crippen molar-refractivity contribution in [1.82, 2.24) is 0 Å². The van der Waals surface area contributed by atoms with E-state index in [1.807, 2.05) is 0 Å². The Morgan fingerprint density at radius 2 is 1.42 bits per heavy atom. The van der Waals surface area contributed by atoms with Gasteiger partial charge in [0.25, 0.3) is 0 Å². The van der Waals surface area contributed by atoms with E-state index in [1.165, 1.54) is 45.2 Å². The van der Waals surface area contributed by atoms with Crippen molar-refractivity contribution in [3.05, 3.63) is 41.0 Å². The van der Waals surface area contributed by atoms with Gasteiger partial charge in [0, 0.05) is 27.8 Å². The average Bonchev–Trinajstić information content (AvgIpc) is 2.55. The average molecular weight is 330 g/mol. The number of methoxy groups -OCH3 is 1. The summed E-state index contributed by atoms with van der Waals surface area (Å²) in [5.41, 5.74) is 0.945. The van der Waals surface area contributed by atoms with Gasteiger partial charge in [-0.25, -0.2) is 0 Å². The van der Waals surface area contributed by atoms with Gasteiger partial charge in [-0.05, 0) is 38.1 Å². The molecule has 6 heteroatoms. The molecule has 0 aliphatic carbocycles. The molecule has 0 aliphatic rings. The Hall–Kier alpha value is -2.86. The predicted octanol–water partition coefficient (Wildman–Crippen LogP) is 2.67. The number of ketones is 2. The minimum atomic E-state index is -0.482. The molecule has 2 rings (SSSR count). The molecule has 0 atom stereocenters. The number of aliphatic hydroxyl groups excluding tert-OH is 1.